The van der Waals surface area contributed by atoms with Gasteiger partial charge in [-0.05, 0) is 29.8 Å². The maximum atomic E-state index is 5.48. The van der Waals surface area contributed by atoms with Gasteiger partial charge < -0.3 is 14.8 Å². The summed E-state index contributed by atoms with van der Waals surface area (Å²) in [6, 6.07) is 12.6. The van der Waals surface area contributed by atoms with Crippen molar-refractivity contribution in [2.24, 2.45) is 0 Å². The molecule has 0 fully saturated rings. The predicted molar refractivity (Wildman–Crippen MR) is 78.9 cm³/mol. The highest BCUT2D eigenvalue weighted by Gasteiger charge is 2.07. The summed E-state index contributed by atoms with van der Waals surface area (Å²) in [7, 11) is 3.45. The highest BCUT2D eigenvalue weighted by molar-refractivity contribution is 5.87. The Bertz CT molecular complexity index is 525. The highest BCUT2D eigenvalue weighted by Crippen LogP contribution is 2.28. The maximum absolute atomic E-state index is 5.48. The summed E-state index contributed by atoms with van der Waals surface area (Å²) in [6.45, 7) is 2.55. The zero-order chi connectivity index (χ0) is 13.5. The van der Waals surface area contributed by atoms with Gasteiger partial charge in [0.2, 0.25) is 0 Å². The third kappa shape index (κ3) is 3.46. The van der Waals surface area contributed by atoms with E-state index in [4.69, 9.17) is 9.47 Å². The van der Waals surface area contributed by atoms with Gasteiger partial charge in [0.15, 0.2) is 0 Å². The lowest BCUT2D eigenvalue weighted by Gasteiger charge is -2.12. The van der Waals surface area contributed by atoms with Gasteiger partial charge in [-0.15, -0.1) is 0 Å². The molecule has 0 aliphatic rings. The van der Waals surface area contributed by atoms with Crippen LogP contribution >= 0.6 is 0 Å². The first-order valence-corrected chi connectivity index (χ1v) is 6.61. The molecule has 0 radical (unpaired) electrons. The molecule has 0 bridgehead atoms. The van der Waals surface area contributed by atoms with E-state index in [0.29, 0.717) is 0 Å². The van der Waals surface area contributed by atoms with Gasteiger partial charge in [0.05, 0.1) is 13.7 Å². The van der Waals surface area contributed by atoms with Gasteiger partial charge in [-0.25, -0.2) is 0 Å². The monoisotopic (exact) mass is 259 g/mol. The molecule has 19 heavy (non-hydrogen) atoms. The first-order valence-electron chi connectivity index (χ1n) is 6.61. The van der Waals surface area contributed by atoms with Gasteiger partial charge in [0, 0.05) is 19.2 Å². The molecule has 0 saturated carbocycles. The van der Waals surface area contributed by atoms with E-state index in [9.17, 15) is 0 Å². The number of fused-ring (bicyclic) bond motifs is 1. The van der Waals surface area contributed by atoms with Gasteiger partial charge >= 0.3 is 0 Å². The number of nitrogens with one attached hydrogen (secondary N) is 1. The smallest absolute Gasteiger partial charge is 0.122 e. The lowest BCUT2D eigenvalue weighted by atomic mass is 10.0. The molecule has 0 aliphatic heterocycles. The van der Waals surface area contributed by atoms with Crippen LogP contribution in [0.2, 0.25) is 0 Å². The van der Waals surface area contributed by atoms with Crippen molar-refractivity contribution in [1.29, 1.82) is 0 Å². The second-order valence-electron chi connectivity index (χ2n) is 4.46. The minimum atomic E-state index is 0.743. The van der Waals surface area contributed by atoms with Gasteiger partial charge in [-0.1, -0.05) is 30.3 Å². The molecule has 0 aliphatic carbocycles. The van der Waals surface area contributed by atoms with Crippen molar-refractivity contribution >= 4 is 10.8 Å². The standard InChI is InChI=1S/C16H21NO2/c1-18-12-11-17-10-9-15-14-6-4-3-5-13(14)7-8-16(15)19-2/h3-8,17H,9-12H2,1-2H3. The van der Waals surface area contributed by atoms with Crippen LogP contribution in [0.4, 0.5) is 0 Å². The molecule has 3 heteroatoms. The molecule has 0 spiro atoms. The Kier molecular flexibility index (Phi) is 5.19. The Labute approximate surface area is 114 Å². The van der Waals surface area contributed by atoms with E-state index in [1.165, 1.54) is 16.3 Å². The Balaban J connectivity index is 2.14. The van der Waals surface area contributed by atoms with Crippen LogP contribution in [0.25, 0.3) is 10.8 Å². The SMILES string of the molecule is COCCNCCc1c(OC)ccc2ccccc12. The normalized spacial score (nSPS) is 10.8. The molecule has 0 atom stereocenters. The Morgan fingerprint density at radius 2 is 1.84 bits per heavy atom. The lowest BCUT2D eigenvalue weighted by molar-refractivity contribution is 0.199. The first-order chi connectivity index (χ1) is 9.36. The molecular weight excluding hydrogens is 238 g/mol. The summed E-state index contributed by atoms with van der Waals surface area (Å²) in [5.74, 6) is 0.965. The van der Waals surface area contributed by atoms with Gasteiger partial charge in [-0.3, -0.25) is 0 Å². The van der Waals surface area contributed by atoms with Crippen molar-refractivity contribution in [2.75, 3.05) is 33.9 Å². The predicted octanol–water partition coefficient (Wildman–Crippen LogP) is 2.63. The van der Waals surface area contributed by atoms with E-state index in [0.717, 1.165) is 31.9 Å². The molecule has 2 rings (SSSR count). The molecule has 2 aromatic carbocycles. The lowest BCUT2D eigenvalue weighted by Crippen LogP contribution is -2.21. The van der Waals surface area contributed by atoms with Crippen LogP contribution in [0.3, 0.4) is 0 Å². The van der Waals surface area contributed by atoms with Gasteiger partial charge in [-0.2, -0.15) is 0 Å². The third-order valence-corrected chi connectivity index (χ3v) is 3.25. The fourth-order valence-electron chi connectivity index (χ4n) is 2.28. The van der Waals surface area contributed by atoms with Crippen molar-refractivity contribution < 1.29 is 9.47 Å². The quantitative estimate of drug-likeness (QED) is 0.775. The molecule has 0 unspecified atom stereocenters. The third-order valence-electron chi connectivity index (χ3n) is 3.25. The van der Waals surface area contributed by atoms with E-state index in [1.807, 2.05) is 6.07 Å². The molecule has 0 heterocycles. The first kappa shape index (κ1) is 13.8. The summed E-state index contributed by atoms with van der Waals surface area (Å²) < 4.78 is 10.5. The number of methoxy groups -OCH3 is 2. The zero-order valence-electron chi connectivity index (χ0n) is 11.6. The Morgan fingerprint density at radius 3 is 2.63 bits per heavy atom. The molecule has 3 nitrogen and oxygen atoms in total. The van der Waals surface area contributed by atoms with Crippen molar-refractivity contribution in [3.8, 4) is 5.75 Å². The van der Waals surface area contributed by atoms with Crippen molar-refractivity contribution in [1.82, 2.24) is 5.32 Å². The average molecular weight is 259 g/mol. The summed E-state index contributed by atoms with van der Waals surface area (Å²) in [5.41, 5.74) is 1.27. The Hall–Kier alpha value is -1.58. The summed E-state index contributed by atoms with van der Waals surface area (Å²) in [6.07, 6.45) is 0.953. The molecular formula is C16H21NO2. The van der Waals surface area contributed by atoms with Crippen LogP contribution in [0, 0.1) is 0 Å². The second kappa shape index (κ2) is 7.12. The maximum Gasteiger partial charge on any atom is 0.122 e. The fourth-order valence-corrected chi connectivity index (χ4v) is 2.28. The summed E-state index contributed by atoms with van der Waals surface area (Å²) in [5, 5.41) is 5.90. The highest BCUT2D eigenvalue weighted by atomic mass is 16.5. The topological polar surface area (TPSA) is 30.5 Å². The molecule has 1 N–H and O–H groups in total. The summed E-state index contributed by atoms with van der Waals surface area (Å²) in [4.78, 5) is 0. The minimum absolute atomic E-state index is 0.743. The number of hydrogen-bond donors (Lipinski definition) is 1. The van der Waals surface area contributed by atoms with E-state index in [1.54, 1.807) is 14.2 Å². The van der Waals surface area contributed by atoms with Crippen molar-refractivity contribution in [3.05, 3.63) is 42.0 Å². The largest absolute Gasteiger partial charge is 0.496 e. The van der Waals surface area contributed by atoms with E-state index < -0.39 is 0 Å². The summed E-state index contributed by atoms with van der Waals surface area (Å²) >= 11 is 0. The van der Waals surface area contributed by atoms with Crippen LogP contribution < -0.4 is 10.1 Å². The zero-order valence-corrected chi connectivity index (χ0v) is 11.6. The fraction of sp³-hybridized carbons (Fsp3) is 0.375. The average Bonchev–Trinajstić information content (AvgIpc) is 2.47. The van der Waals surface area contributed by atoms with Crippen LogP contribution in [-0.2, 0) is 11.2 Å². The van der Waals surface area contributed by atoms with E-state index >= 15 is 0 Å². The van der Waals surface area contributed by atoms with Crippen LogP contribution in [0.5, 0.6) is 5.75 Å². The molecule has 0 amide bonds. The number of hydrogen-bond acceptors (Lipinski definition) is 3. The Morgan fingerprint density at radius 1 is 1.00 bits per heavy atom. The molecule has 102 valence electrons. The van der Waals surface area contributed by atoms with Crippen LogP contribution in [0.1, 0.15) is 5.56 Å². The number of rotatable bonds is 7. The van der Waals surface area contributed by atoms with Gasteiger partial charge in [0.1, 0.15) is 5.75 Å². The minimum Gasteiger partial charge on any atom is -0.496 e. The van der Waals surface area contributed by atoms with E-state index in [2.05, 4.69) is 35.6 Å². The van der Waals surface area contributed by atoms with Crippen molar-refractivity contribution in [2.45, 2.75) is 6.42 Å². The second-order valence-corrected chi connectivity index (χ2v) is 4.46. The molecule has 2 aromatic rings. The van der Waals surface area contributed by atoms with E-state index in [-0.39, 0.29) is 0 Å². The van der Waals surface area contributed by atoms with Gasteiger partial charge in [0.25, 0.3) is 0 Å². The molecule has 0 saturated heterocycles. The molecule has 0 aromatic heterocycles. The van der Waals surface area contributed by atoms with Crippen LogP contribution in [-0.4, -0.2) is 33.9 Å². The number of ether oxygens (including phenoxy) is 2. The van der Waals surface area contributed by atoms with Crippen LogP contribution in [0.15, 0.2) is 36.4 Å². The number of benzene rings is 2. The van der Waals surface area contributed by atoms with Crippen molar-refractivity contribution in [3.63, 3.8) is 0 Å².